The first-order valence-electron chi connectivity index (χ1n) is 10.5. The first kappa shape index (κ1) is 23.6. The minimum absolute atomic E-state index is 0.661. The first-order valence-corrected chi connectivity index (χ1v) is 10.9. The zero-order valence-corrected chi connectivity index (χ0v) is 20.4. The molecule has 3 aromatic rings. The Morgan fingerprint density at radius 1 is 0.875 bits per heavy atom. The van der Waals surface area contributed by atoms with Gasteiger partial charge in [0, 0.05) is 37.5 Å². The molecule has 0 aromatic heterocycles. The maximum absolute atomic E-state index is 6.57. The number of halogens is 1. The summed E-state index contributed by atoms with van der Waals surface area (Å²) in [7, 11) is 7.43. The van der Waals surface area contributed by atoms with Crippen LogP contribution in [0.3, 0.4) is 0 Å². The number of ether oxygens (including phenoxy) is 2. The third-order valence-electron chi connectivity index (χ3n) is 5.30. The second-order valence-corrected chi connectivity index (χ2v) is 8.46. The molecule has 32 heavy (non-hydrogen) atoms. The van der Waals surface area contributed by atoms with E-state index in [0.29, 0.717) is 5.02 Å². The third-order valence-corrected chi connectivity index (χ3v) is 5.61. The van der Waals surface area contributed by atoms with Gasteiger partial charge in [0.05, 0.1) is 24.9 Å². The Morgan fingerprint density at radius 3 is 1.94 bits per heavy atom. The minimum Gasteiger partial charge on any atom is -0.496 e. The lowest BCUT2D eigenvalue weighted by atomic mass is 9.97. The maximum atomic E-state index is 6.57. The Morgan fingerprint density at radius 2 is 1.44 bits per heavy atom. The van der Waals surface area contributed by atoms with E-state index in [1.807, 2.05) is 44.4 Å². The van der Waals surface area contributed by atoms with Crippen LogP contribution in [0, 0.1) is 0 Å². The lowest BCUT2D eigenvalue weighted by Crippen LogP contribution is -2.07. The summed E-state index contributed by atoms with van der Waals surface area (Å²) in [6, 6.07) is 18.4. The van der Waals surface area contributed by atoms with Crippen molar-refractivity contribution < 1.29 is 9.47 Å². The summed E-state index contributed by atoms with van der Waals surface area (Å²) in [6.07, 6.45) is 2.13. The van der Waals surface area contributed by atoms with Crippen LogP contribution in [-0.4, -0.2) is 34.9 Å². The average molecular weight is 451 g/mol. The van der Waals surface area contributed by atoms with Crippen LogP contribution in [0.4, 0.5) is 11.4 Å². The smallest absolute Gasteiger partial charge is 0.127 e. The predicted octanol–water partition coefficient (Wildman–Crippen LogP) is 7.14. The molecule has 0 fully saturated rings. The molecule has 0 saturated heterocycles. The van der Waals surface area contributed by atoms with Gasteiger partial charge in [0.2, 0.25) is 0 Å². The van der Waals surface area contributed by atoms with Crippen LogP contribution in [0.1, 0.15) is 13.8 Å². The molecular formula is C27H31ClN2O2. The summed E-state index contributed by atoms with van der Waals surface area (Å²) in [5.74, 6) is 1.54. The predicted molar refractivity (Wildman–Crippen MR) is 138 cm³/mol. The second-order valence-electron chi connectivity index (χ2n) is 8.05. The molecular weight excluding hydrogens is 420 g/mol. The van der Waals surface area contributed by atoms with Gasteiger partial charge in [0.25, 0.3) is 0 Å². The van der Waals surface area contributed by atoms with Gasteiger partial charge in [-0.15, -0.1) is 0 Å². The van der Waals surface area contributed by atoms with E-state index in [4.69, 9.17) is 21.1 Å². The van der Waals surface area contributed by atoms with Crippen molar-refractivity contribution in [3.05, 3.63) is 71.3 Å². The van der Waals surface area contributed by atoms with Gasteiger partial charge in [-0.25, -0.2) is 0 Å². The van der Waals surface area contributed by atoms with E-state index >= 15 is 0 Å². The van der Waals surface area contributed by atoms with Gasteiger partial charge >= 0.3 is 0 Å². The van der Waals surface area contributed by atoms with Crippen LogP contribution in [0.5, 0.6) is 11.5 Å². The van der Waals surface area contributed by atoms with Gasteiger partial charge in [0.15, 0.2) is 0 Å². The van der Waals surface area contributed by atoms with Crippen molar-refractivity contribution in [1.82, 2.24) is 0 Å². The Labute approximate surface area is 196 Å². The first-order chi connectivity index (χ1) is 15.3. The van der Waals surface area contributed by atoms with E-state index in [0.717, 1.165) is 51.7 Å². The van der Waals surface area contributed by atoms with Crippen LogP contribution >= 0.6 is 11.6 Å². The molecule has 168 valence electrons. The summed E-state index contributed by atoms with van der Waals surface area (Å²) in [5.41, 5.74) is 7.24. The van der Waals surface area contributed by atoms with Crippen LogP contribution < -0.4 is 19.7 Å². The topological polar surface area (TPSA) is 33.7 Å². The Bertz CT molecular complexity index is 1100. The molecule has 0 spiro atoms. The van der Waals surface area contributed by atoms with Crippen molar-refractivity contribution in [2.45, 2.75) is 13.8 Å². The summed E-state index contributed by atoms with van der Waals surface area (Å²) >= 11 is 6.57. The SMILES string of the molecule is COc1cc(-c2ccc(NCC=C(C)C)c(Cl)c2)c(OC)cc1-c1ccc(N(C)C)cc1. The van der Waals surface area contributed by atoms with Gasteiger partial charge in [-0.1, -0.05) is 41.4 Å². The van der Waals surface area contributed by atoms with Crippen LogP contribution in [0.25, 0.3) is 22.3 Å². The molecule has 0 heterocycles. The van der Waals surface area contributed by atoms with Crippen LogP contribution in [0.2, 0.25) is 5.02 Å². The number of methoxy groups -OCH3 is 2. The van der Waals surface area contributed by atoms with E-state index in [1.165, 1.54) is 5.57 Å². The van der Waals surface area contributed by atoms with Crippen molar-refractivity contribution in [2.75, 3.05) is 45.1 Å². The van der Waals surface area contributed by atoms with E-state index in [-0.39, 0.29) is 0 Å². The fraction of sp³-hybridized carbons (Fsp3) is 0.259. The number of anilines is 2. The standard InChI is InChI=1S/C27H31ClN2O2/c1-18(2)13-14-29-25-12-9-20(15-24(25)28)23-17-26(31-5)22(16-27(23)32-6)19-7-10-21(11-8-19)30(3)4/h7-13,15-17,29H,14H2,1-6H3. The highest BCUT2D eigenvalue weighted by Crippen LogP contribution is 2.42. The number of rotatable bonds is 8. The molecule has 0 unspecified atom stereocenters. The zero-order chi connectivity index (χ0) is 23.3. The molecule has 3 rings (SSSR count). The Balaban J connectivity index is 1.99. The van der Waals surface area contributed by atoms with E-state index in [1.54, 1.807) is 14.2 Å². The van der Waals surface area contributed by atoms with Gasteiger partial charge in [0.1, 0.15) is 11.5 Å². The highest BCUT2D eigenvalue weighted by Gasteiger charge is 2.15. The third kappa shape index (κ3) is 5.38. The molecule has 0 aliphatic heterocycles. The van der Waals surface area contributed by atoms with Gasteiger partial charge in [-0.05, 0) is 61.4 Å². The van der Waals surface area contributed by atoms with Crippen molar-refractivity contribution in [2.24, 2.45) is 0 Å². The molecule has 3 aromatic carbocycles. The fourth-order valence-corrected chi connectivity index (χ4v) is 3.73. The molecule has 1 N–H and O–H groups in total. The number of benzene rings is 3. The molecule has 0 atom stereocenters. The number of nitrogens with zero attached hydrogens (tertiary/aromatic N) is 1. The van der Waals surface area contributed by atoms with Gasteiger partial charge in [-0.3, -0.25) is 0 Å². The van der Waals surface area contributed by atoms with Crippen molar-refractivity contribution in [3.63, 3.8) is 0 Å². The number of hydrogen-bond donors (Lipinski definition) is 1. The Hall–Kier alpha value is -3.11. The highest BCUT2D eigenvalue weighted by molar-refractivity contribution is 6.33. The minimum atomic E-state index is 0.661. The molecule has 0 saturated carbocycles. The van der Waals surface area contributed by atoms with Crippen molar-refractivity contribution >= 4 is 23.0 Å². The molecule has 0 amide bonds. The normalized spacial score (nSPS) is 10.5. The summed E-state index contributed by atoms with van der Waals surface area (Å²) in [6.45, 7) is 4.89. The lowest BCUT2D eigenvalue weighted by molar-refractivity contribution is 0.406. The van der Waals surface area contributed by atoms with E-state index in [9.17, 15) is 0 Å². The summed E-state index contributed by atoms with van der Waals surface area (Å²) in [5, 5.41) is 4.01. The maximum Gasteiger partial charge on any atom is 0.127 e. The van der Waals surface area contributed by atoms with Crippen molar-refractivity contribution in [3.8, 4) is 33.8 Å². The molecule has 0 aliphatic rings. The Kier molecular flexibility index (Phi) is 7.70. The van der Waals surface area contributed by atoms with Crippen molar-refractivity contribution in [1.29, 1.82) is 0 Å². The average Bonchev–Trinajstić information content (AvgIpc) is 2.79. The van der Waals surface area contributed by atoms with E-state index < -0.39 is 0 Å². The number of nitrogens with one attached hydrogen (secondary N) is 1. The van der Waals surface area contributed by atoms with Gasteiger partial charge < -0.3 is 19.7 Å². The second kappa shape index (κ2) is 10.5. The van der Waals surface area contributed by atoms with E-state index in [2.05, 4.69) is 54.4 Å². The van der Waals surface area contributed by atoms with Gasteiger partial charge in [-0.2, -0.15) is 0 Å². The monoisotopic (exact) mass is 450 g/mol. The van der Waals surface area contributed by atoms with Crippen LogP contribution in [-0.2, 0) is 0 Å². The summed E-state index contributed by atoms with van der Waals surface area (Å²) < 4.78 is 11.5. The summed E-state index contributed by atoms with van der Waals surface area (Å²) in [4.78, 5) is 2.08. The highest BCUT2D eigenvalue weighted by atomic mass is 35.5. The fourth-order valence-electron chi connectivity index (χ4n) is 3.48. The molecule has 5 heteroatoms. The number of hydrogen-bond acceptors (Lipinski definition) is 4. The molecule has 0 radical (unpaired) electrons. The molecule has 4 nitrogen and oxygen atoms in total. The lowest BCUT2D eigenvalue weighted by Gasteiger charge is -2.17. The largest absolute Gasteiger partial charge is 0.496 e. The number of allylic oxidation sites excluding steroid dienone is 1. The van der Waals surface area contributed by atoms with Crippen LogP contribution in [0.15, 0.2) is 66.2 Å². The molecule has 0 aliphatic carbocycles. The quantitative estimate of drug-likeness (QED) is 0.370. The zero-order valence-electron chi connectivity index (χ0n) is 19.6. The molecule has 0 bridgehead atoms.